The third kappa shape index (κ3) is 1.60. The first-order chi connectivity index (χ1) is 9.81. The second-order valence-electron chi connectivity index (χ2n) is 4.48. The zero-order valence-corrected chi connectivity index (χ0v) is 10.4. The highest BCUT2D eigenvalue weighted by atomic mass is 16.3. The zero-order chi connectivity index (χ0) is 13.5. The van der Waals surface area contributed by atoms with Crippen LogP contribution in [0.15, 0.2) is 53.2 Å². The van der Waals surface area contributed by atoms with Gasteiger partial charge >= 0.3 is 0 Å². The first-order valence-electron chi connectivity index (χ1n) is 6.17. The Morgan fingerprint density at radius 3 is 2.80 bits per heavy atom. The lowest BCUT2D eigenvalue weighted by atomic mass is 10.2. The number of benzene rings is 2. The van der Waals surface area contributed by atoms with Gasteiger partial charge in [-0.05, 0) is 30.3 Å². The zero-order valence-electron chi connectivity index (χ0n) is 10.4. The third-order valence-electron chi connectivity index (χ3n) is 3.14. The number of fused-ring (bicyclic) bond motifs is 2. The van der Waals surface area contributed by atoms with Gasteiger partial charge in [-0.2, -0.15) is 0 Å². The Bertz CT molecular complexity index is 924. The van der Waals surface area contributed by atoms with E-state index in [1.54, 1.807) is 24.5 Å². The van der Waals surface area contributed by atoms with Crippen molar-refractivity contribution in [1.29, 1.82) is 0 Å². The molecule has 0 aliphatic heterocycles. The average molecular weight is 262 g/mol. The topological polar surface area (TPSA) is 77.8 Å². The molecule has 5 nitrogen and oxygen atoms in total. The SMILES string of the molecule is Nc1ccc2oc(-c3cccc4nccnc34)nc2c1. The smallest absolute Gasteiger partial charge is 0.229 e. The van der Waals surface area contributed by atoms with Crippen molar-refractivity contribution < 1.29 is 4.42 Å². The predicted molar refractivity (Wildman–Crippen MR) is 77.0 cm³/mol. The van der Waals surface area contributed by atoms with Crippen LogP contribution in [0.4, 0.5) is 5.69 Å². The first-order valence-corrected chi connectivity index (χ1v) is 6.17. The summed E-state index contributed by atoms with van der Waals surface area (Å²) in [7, 11) is 0. The van der Waals surface area contributed by atoms with Crippen LogP contribution in [0.2, 0.25) is 0 Å². The van der Waals surface area contributed by atoms with Gasteiger partial charge in [0, 0.05) is 18.1 Å². The van der Waals surface area contributed by atoms with Gasteiger partial charge in [-0.25, -0.2) is 4.98 Å². The lowest BCUT2D eigenvalue weighted by Gasteiger charge is -2.00. The lowest BCUT2D eigenvalue weighted by molar-refractivity contribution is 0.620. The molecule has 96 valence electrons. The molecule has 4 aromatic rings. The molecule has 2 N–H and O–H groups in total. The molecule has 4 rings (SSSR count). The second kappa shape index (κ2) is 4.03. The lowest BCUT2D eigenvalue weighted by Crippen LogP contribution is -1.86. The van der Waals surface area contributed by atoms with Gasteiger partial charge < -0.3 is 10.2 Å². The highest BCUT2D eigenvalue weighted by Crippen LogP contribution is 2.29. The van der Waals surface area contributed by atoms with Gasteiger partial charge in [0.1, 0.15) is 11.0 Å². The van der Waals surface area contributed by atoms with Crippen molar-refractivity contribution in [2.75, 3.05) is 5.73 Å². The maximum Gasteiger partial charge on any atom is 0.229 e. The van der Waals surface area contributed by atoms with E-state index in [0.29, 0.717) is 17.2 Å². The number of oxazole rings is 1. The van der Waals surface area contributed by atoms with Gasteiger partial charge in [-0.15, -0.1) is 0 Å². The molecule has 0 spiro atoms. The standard InChI is InChI=1S/C15H10N4O/c16-9-4-5-13-12(8-9)19-15(20-13)10-2-1-3-11-14(10)18-7-6-17-11/h1-8H,16H2. The fourth-order valence-corrected chi connectivity index (χ4v) is 2.22. The Balaban J connectivity index is 2.01. The molecule has 0 saturated carbocycles. The summed E-state index contributed by atoms with van der Waals surface area (Å²) in [5.74, 6) is 0.525. The summed E-state index contributed by atoms with van der Waals surface area (Å²) in [6.45, 7) is 0. The molecular weight excluding hydrogens is 252 g/mol. The Morgan fingerprint density at radius 1 is 0.950 bits per heavy atom. The largest absolute Gasteiger partial charge is 0.436 e. The Kier molecular flexibility index (Phi) is 2.20. The summed E-state index contributed by atoms with van der Waals surface area (Å²) < 4.78 is 5.78. The number of nitrogens with zero attached hydrogens (tertiary/aromatic N) is 3. The van der Waals surface area contributed by atoms with E-state index in [0.717, 1.165) is 22.1 Å². The fourth-order valence-electron chi connectivity index (χ4n) is 2.22. The van der Waals surface area contributed by atoms with Gasteiger partial charge in [0.05, 0.1) is 11.1 Å². The summed E-state index contributed by atoms with van der Waals surface area (Å²) in [6.07, 6.45) is 3.32. The van der Waals surface area contributed by atoms with Crippen molar-refractivity contribution in [3.05, 3.63) is 48.8 Å². The molecule has 2 aromatic heterocycles. The van der Waals surface area contributed by atoms with E-state index >= 15 is 0 Å². The molecule has 0 bridgehead atoms. The van der Waals surface area contributed by atoms with Gasteiger partial charge in [0.15, 0.2) is 5.58 Å². The normalized spacial score (nSPS) is 11.2. The molecule has 0 aliphatic carbocycles. The highest BCUT2D eigenvalue weighted by molar-refractivity contribution is 5.90. The van der Waals surface area contributed by atoms with Gasteiger partial charge in [-0.3, -0.25) is 9.97 Å². The van der Waals surface area contributed by atoms with Crippen molar-refractivity contribution in [3.63, 3.8) is 0 Å². The summed E-state index contributed by atoms with van der Waals surface area (Å²) >= 11 is 0. The molecule has 0 aliphatic rings. The van der Waals surface area contributed by atoms with Crippen LogP contribution in [-0.4, -0.2) is 15.0 Å². The van der Waals surface area contributed by atoms with E-state index in [-0.39, 0.29) is 0 Å². The van der Waals surface area contributed by atoms with E-state index in [2.05, 4.69) is 15.0 Å². The van der Waals surface area contributed by atoms with Crippen LogP contribution in [0.1, 0.15) is 0 Å². The Morgan fingerprint density at radius 2 is 1.85 bits per heavy atom. The Labute approximate surface area is 114 Å². The van der Waals surface area contributed by atoms with Crippen molar-refractivity contribution >= 4 is 27.8 Å². The van der Waals surface area contributed by atoms with Crippen molar-refractivity contribution in [2.24, 2.45) is 0 Å². The molecule has 0 radical (unpaired) electrons. The minimum Gasteiger partial charge on any atom is -0.436 e. The van der Waals surface area contributed by atoms with Crippen LogP contribution in [-0.2, 0) is 0 Å². The summed E-state index contributed by atoms with van der Waals surface area (Å²) in [4.78, 5) is 13.1. The number of para-hydroxylation sites is 1. The van der Waals surface area contributed by atoms with Crippen molar-refractivity contribution in [1.82, 2.24) is 15.0 Å². The number of nitrogen functional groups attached to an aromatic ring is 1. The number of nitrogens with two attached hydrogens (primary N) is 1. The molecule has 0 unspecified atom stereocenters. The van der Waals surface area contributed by atoms with E-state index in [4.69, 9.17) is 10.2 Å². The van der Waals surface area contributed by atoms with Crippen molar-refractivity contribution in [2.45, 2.75) is 0 Å². The summed E-state index contributed by atoms with van der Waals surface area (Å²) in [5.41, 5.74) is 10.3. The third-order valence-corrected chi connectivity index (χ3v) is 3.14. The maximum atomic E-state index is 5.78. The molecule has 0 atom stereocenters. The number of hydrogen-bond donors (Lipinski definition) is 1. The van der Waals surface area contributed by atoms with E-state index in [1.807, 2.05) is 24.3 Å². The summed E-state index contributed by atoms with van der Waals surface area (Å²) in [5, 5.41) is 0. The molecule has 0 saturated heterocycles. The number of rotatable bonds is 1. The number of hydrogen-bond acceptors (Lipinski definition) is 5. The van der Waals surface area contributed by atoms with Gasteiger partial charge in [0.25, 0.3) is 0 Å². The molecular formula is C15H10N4O. The molecule has 2 heterocycles. The van der Waals surface area contributed by atoms with Crippen molar-refractivity contribution in [3.8, 4) is 11.5 Å². The number of aromatic nitrogens is 3. The minimum absolute atomic E-state index is 0.525. The van der Waals surface area contributed by atoms with E-state index in [9.17, 15) is 0 Å². The van der Waals surface area contributed by atoms with Crippen LogP contribution in [0.3, 0.4) is 0 Å². The van der Waals surface area contributed by atoms with Gasteiger partial charge in [-0.1, -0.05) is 6.07 Å². The fraction of sp³-hybridized carbons (Fsp3) is 0. The first kappa shape index (κ1) is 10.9. The minimum atomic E-state index is 0.525. The van der Waals surface area contributed by atoms with Crippen LogP contribution in [0, 0.1) is 0 Å². The molecule has 20 heavy (non-hydrogen) atoms. The molecule has 0 fully saturated rings. The van der Waals surface area contributed by atoms with Crippen LogP contribution < -0.4 is 5.73 Å². The molecule has 2 aromatic carbocycles. The summed E-state index contributed by atoms with van der Waals surface area (Å²) in [6, 6.07) is 11.1. The number of anilines is 1. The quantitative estimate of drug-likeness (QED) is 0.533. The van der Waals surface area contributed by atoms with Crippen LogP contribution in [0.25, 0.3) is 33.6 Å². The van der Waals surface area contributed by atoms with Crippen LogP contribution >= 0.6 is 0 Å². The molecule has 0 amide bonds. The average Bonchev–Trinajstić information content (AvgIpc) is 2.89. The monoisotopic (exact) mass is 262 g/mol. The predicted octanol–water partition coefficient (Wildman–Crippen LogP) is 3.02. The van der Waals surface area contributed by atoms with Crippen LogP contribution in [0.5, 0.6) is 0 Å². The molecule has 5 heteroatoms. The highest BCUT2D eigenvalue weighted by Gasteiger charge is 2.12. The van der Waals surface area contributed by atoms with E-state index in [1.165, 1.54) is 0 Å². The van der Waals surface area contributed by atoms with Gasteiger partial charge in [0.2, 0.25) is 5.89 Å². The maximum absolute atomic E-state index is 5.78. The van der Waals surface area contributed by atoms with E-state index < -0.39 is 0 Å². The Hall–Kier alpha value is -2.95. The second-order valence-corrected chi connectivity index (χ2v) is 4.48.